The summed E-state index contributed by atoms with van der Waals surface area (Å²) in [5.74, 6) is 0.958. The standard InChI is InChI=1S/C15H16ClNO4S/c1-10-4-5-15(14(16)6-10)22(18,19)17-11-7-12(20-2)9-13(8-11)21-3/h4-9,17H,1-3H3. The van der Waals surface area contributed by atoms with Crippen molar-refractivity contribution >= 4 is 27.3 Å². The zero-order valence-corrected chi connectivity index (χ0v) is 14.0. The van der Waals surface area contributed by atoms with Crippen LogP contribution in [0.2, 0.25) is 5.02 Å². The van der Waals surface area contributed by atoms with E-state index in [1.54, 1.807) is 30.3 Å². The Morgan fingerprint density at radius 1 is 1.00 bits per heavy atom. The van der Waals surface area contributed by atoms with Crippen molar-refractivity contribution in [2.24, 2.45) is 0 Å². The normalized spacial score (nSPS) is 11.1. The fourth-order valence-corrected chi connectivity index (χ4v) is 3.54. The lowest BCUT2D eigenvalue weighted by Crippen LogP contribution is -2.13. The summed E-state index contributed by atoms with van der Waals surface area (Å²) in [5, 5.41) is 0.169. The predicted molar refractivity (Wildman–Crippen MR) is 86.5 cm³/mol. The van der Waals surface area contributed by atoms with Gasteiger partial charge < -0.3 is 9.47 Å². The molecular formula is C15H16ClNO4S. The minimum Gasteiger partial charge on any atom is -0.497 e. The molecule has 0 aliphatic rings. The highest BCUT2D eigenvalue weighted by molar-refractivity contribution is 7.92. The van der Waals surface area contributed by atoms with Gasteiger partial charge in [-0.05, 0) is 24.6 Å². The number of anilines is 1. The third-order valence-electron chi connectivity index (χ3n) is 2.98. The number of aryl methyl sites for hydroxylation is 1. The maximum Gasteiger partial charge on any atom is 0.263 e. The summed E-state index contributed by atoms with van der Waals surface area (Å²) in [4.78, 5) is 0.0153. The number of sulfonamides is 1. The molecule has 1 N–H and O–H groups in total. The summed E-state index contributed by atoms with van der Waals surface area (Å²) in [7, 11) is -0.824. The van der Waals surface area contributed by atoms with Gasteiger partial charge in [0.05, 0.1) is 24.9 Å². The lowest BCUT2D eigenvalue weighted by molar-refractivity contribution is 0.395. The average molecular weight is 342 g/mol. The highest BCUT2D eigenvalue weighted by atomic mass is 35.5. The fraction of sp³-hybridized carbons (Fsp3) is 0.200. The first-order valence-corrected chi connectivity index (χ1v) is 8.24. The van der Waals surface area contributed by atoms with Crippen molar-refractivity contribution in [3.8, 4) is 11.5 Å². The molecule has 0 fully saturated rings. The van der Waals surface area contributed by atoms with Crippen LogP contribution in [-0.4, -0.2) is 22.6 Å². The molecule has 0 atom stereocenters. The number of nitrogens with one attached hydrogen (secondary N) is 1. The van der Waals surface area contributed by atoms with Crippen molar-refractivity contribution in [2.45, 2.75) is 11.8 Å². The molecule has 118 valence electrons. The molecule has 0 radical (unpaired) electrons. The molecule has 0 bridgehead atoms. The molecule has 7 heteroatoms. The topological polar surface area (TPSA) is 64.6 Å². The first-order valence-electron chi connectivity index (χ1n) is 6.38. The molecule has 0 unspecified atom stereocenters. The van der Waals surface area contributed by atoms with E-state index in [2.05, 4.69) is 4.72 Å². The van der Waals surface area contributed by atoms with Crippen molar-refractivity contribution in [2.75, 3.05) is 18.9 Å². The molecule has 2 rings (SSSR count). The lowest BCUT2D eigenvalue weighted by Gasteiger charge is -2.12. The largest absolute Gasteiger partial charge is 0.497 e. The minimum atomic E-state index is -3.80. The molecule has 0 aliphatic heterocycles. The molecule has 0 amide bonds. The van der Waals surface area contributed by atoms with Gasteiger partial charge in [0.2, 0.25) is 0 Å². The number of hydrogen-bond donors (Lipinski definition) is 1. The second kappa shape index (κ2) is 6.46. The highest BCUT2D eigenvalue weighted by Crippen LogP contribution is 2.29. The Bertz CT molecular complexity index is 768. The van der Waals surface area contributed by atoms with Crippen LogP contribution in [0.3, 0.4) is 0 Å². The summed E-state index contributed by atoms with van der Waals surface area (Å²) in [6.07, 6.45) is 0. The van der Waals surface area contributed by atoms with E-state index in [9.17, 15) is 8.42 Å². The molecule has 0 aliphatic carbocycles. The molecule has 0 saturated heterocycles. The van der Waals surface area contributed by atoms with Gasteiger partial charge in [0.15, 0.2) is 0 Å². The van der Waals surface area contributed by atoms with Crippen molar-refractivity contribution in [3.05, 3.63) is 47.0 Å². The van der Waals surface area contributed by atoms with Crippen LogP contribution in [0.25, 0.3) is 0 Å². The van der Waals surface area contributed by atoms with Gasteiger partial charge in [0, 0.05) is 18.2 Å². The highest BCUT2D eigenvalue weighted by Gasteiger charge is 2.18. The van der Waals surface area contributed by atoms with E-state index in [1.165, 1.54) is 20.3 Å². The number of ether oxygens (including phenoxy) is 2. The Hall–Kier alpha value is -1.92. The second-order valence-corrected chi connectivity index (χ2v) is 6.70. The van der Waals surface area contributed by atoms with Crippen LogP contribution in [0, 0.1) is 6.92 Å². The Kier molecular flexibility index (Phi) is 4.83. The first-order chi connectivity index (χ1) is 10.4. The molecular weight excluding hydrogens is 326 g/mol. The van der Waals surface area contributed by atoms with Gasteiger partial charge in [-0.15, -0.1) is 0 Å². The zero-order valence-electron chi connectivity index (χ0n) is 12.4. The van der Waals surface area contributed by atoms with Crippen LogP contribution >= 0.6 is 11.6 Å². The van der Waals surface area contributed by atoms with E-state index >= 15 is 0 Å². The van der Waals surface area contributed by atoms with E-state index in [-0.39, 0.29) is 9.92 Å². The van der Waals surface area contributed by atoms with Crippen LogP contribution in [0.1, 0.15) is 5.56 Å². The number of rotatable bonds is 5. The predicted octanol–water partition coefficient (Wildman–Crippen LogP) is 3.47. The summed E-state index contributed by atoms with van der Waals surface area (Å²) >= 11 is 6.03. The maximum absolute atomic E-state index is 12.5. The third-order valence-corrected chi connectivity index (χ3v) is 4.84. The van der Waals surface area contributed by atoms with Crippen LogP contribution in [0.4, 0.5) is 5.69 Å². The van der Waals surface area contributed by atoms with Crippen LogP contribution in [0.5, 0.6) is 11.5 Å². The van der Waals surface area contributed by atoms with Gasteiger partial charge in [0.25, 0.3) is 10.0 Å². The number of methoxy groups -OCH3 is 2. The van der Waals surface area contributed by atoms with E-state index < -0.39 is 10.0 Å². The number of hydrogen-bond acceptors (Lipinski definition) is 4. The number of benzene rings is 2. The van der Waals surface area contributed by atoms with Crippen LogP contribution in [0.15, 0.2) is 41.3 Å². The smallest absolute Gasteiger partial charge is 0.263 e. The fourth-order valence-electron chi connectivity index (χ4n) is 1.90. The lowest BCUT2D eigenvalue weighted by atomic mass is 10.2. The SMILES string of the molecule is COc1cc(NS(=O)(=O)c2ccc(C)cc2Cl)cc(OC)c1. The Morgan fingerprint density at radius 2 is 1.59 bits per heavy atom. The number of halogens is 1. The monoisotopic (exact) mass is 341 g/mol. The van der Waals surface area contributed by atoms with E-state index in [4.69, 9.17) is 21.1 Å². The summed E-state index contributed by atoms with van der Waals surface area (Å²) in [6.45, 7) is 1.84. The molecule has 2 aromatic rings. The zero-order chi connectivity index (χ0) is 16.3. The van der Waals surface area contributed by atoms with Gasteiger partial charge >= 0.3 is 0 Å². The first kappa shape index (κ1) is 16.5. The van der Waals surface area contributed by atoms with Gasteiger partial charge in [-0.3, -0.25) is 4.72 Å². The van der Waals surface area contributed by atoms with E-state index in [0.717, 1.165) is 5.56 Å². The molecule has 2 aromatic carbocycles. The molecule has 0 spiro atoms. The quantitative estimate of drug-likeness (QED) is 0.904. The minimum absolute atomic E-state index is 0.0153. The van der Waals surface area contributed by atoms with Crippen LogP contribution in [-0.2, 0) is 10.0 Å². The van der Waals surface area contributed by atoms with E-state index in [1.807, 2.05) is 6.92 Å². The molecule has 5 nitrogen and oxygen atoms in total. The summed E-state index contributed by atoms with van der Waals surface area (Å²) < 4.78 is 37.6. The molecule has 0 aromatic heterocycles. The van der Waals surface area contributed by atoms with Gasteiger partial charge in [0.1, 0.15) is 16.4 Å². The third kappa shape index (κ3) is 3.64. The summed E-state index contributed by atoms with van der Waals surface area (Å²) in [6, 6.07) is 9.52. The van der Waals surface area contributed by atoms with Gasteiger partial charge in [-0.2, -0.15) is 0 Å². The Balaban J connectivity index is 2.40. The second-order valence-electron chi connectivity index (χ2n) is 4.64. The molecule has 0 heterocycles. The van der Waals surface area contributed by atoms with Crippen molar-refractivity contribution < 1.29 is 17.9 Å². The molecule has 0 saturated carbocycles. The van der Waals surface area contributed by atoms with Gasteiger partial charge in [-0.1, -0.05) is 17.7 Å². The summed E-state index contributed by atoms with van der Waals surface area (Å²) in [5.41, 5.74) is 1.21. The molecule has 22 heavy (non-hydrogen) atoms. The van der Waals surface area contributed by atoms with Crippen molar-refractivity contribution in [3.63, 3.8) is 0 Å². The maximum atomic E-state index is 12.5. The van der Waals surface area contributed by atoms with Crippen LogP contribution < -0.4 is 14.2 Å². The van der Waals surface area contributed by atoms with Crippen molar-refractivity contribution in [1.82, 2.24) is 0 Å². The van der Waals surface area contributed by atoms with Crippen molar-refractivity contribution in [1.29, 1.82) is 0 Å². The van der Waals surface area contributed by atoms with Gasteiger partial charge in [-0.25, -0.2) is 8.42 Å². The van der Waals surface area contributed by atoms with E-state index in [0.29, 0.717) is 17.2 Å². The Labute approximate surface area is 134 Å². The average Bonchev–Trinajstić information content (AvgIpc) is 2.45. The Morgan fingerprint density at radius 3 is 2.09 bits per heavy atom.